The Kier molecular flexibility index (Phi) is 3.64. The number of thiophene rings is 1. The molecule has 0 amide bonds. The Labute approximate surface area is 105 Å². The molecule has 0 saturated heterocycles. The molecule has 0 aliphatic heterocycles. The highest BCUT2D eigenvalue weighted by Crippen LogP contribution is 2.28. The Morgan fingerprint density at radius 2 is 2.06 bits per heavy atom. The highest BCUT2D eigenvalue weighted by molar-refractivity contribution is 7.10. The summed E-state index contributed by atoms with van der Waals surface area (Å²) in [4.78, 5) is 1.34. The first kappa shape index (κ1) is 11.6. The lowest BCUT2D eigenvalue weighted by Crippen LogP contribution is -2.02. The van der Waals surface area contributed by atoms with Gasteiger partial charge >= 0.3 is 0 Å². The normalized spacial score (nSPS) is 10.7. The molecule has 0 saturated carbocycles. The zero-order valence-electron chi connectivity index (χ0n) is 9.38. The van der Waals surface area contributed by atoms with Gasteiger partial charge in [-0.3, -0.25) is 0 Å². The molecule has 0 fully saturated rings. The van der Waals surface area contributed by atoms with E-state index in [0.29, 0.717) is 0 Å². The van der Waals surface area contributed by atoms with Crippen LogP contribution < -0.4 is 5.32 Å². The molecule has 0 bridgehead atoms. The molecule has 1 N–H and O–H groups in total. The Morgan fingerprint density at radius 1 is 1.25 bits per heavy atom. The number of benzene rings is 1. The van der Waals surface area contributed by atoms with Crippen molar-refractivity contribution in [2.75, 3.05) is 7.05 Å². The van der Waals surface area contributed by atoms with Gasteiger partial charge in [0, 0.05) is 16.4 Å². The number of halogens is 1. The van der Waals surface area contributed by atoms with Crippen molar-refractivity contribution in [1.29, 1.82) is 0 Å². The van der Waals surface area contributed by atoms with Crippen LogP contribution in [-0.2, 0) is 6.54 Å². The molecule has 0 aliphatic rings. The summed E-state index contributed by atoms with van der Waals surface area (Å²) >= 11 is 7.90. The maximum atomic E-state index is 6.12. The fourth-order valence-corrected chi connectivity index (χ4v) is 2.66. The minimum atomic E-state index is 0.832. The van der Waals surface area contributed by atoms with E-state index in [1.165, 1.54) is 16.0 Å². The van der Waals surface area contributed by atoms with Crippen LogP contribution >= 0.6 is 22.9 Å². The van der Waals surface area contributed by atoms with Crippen LogP contribution in [0.1, 0.15) is 10.4 Å². The molecule has 1 heterocycles. The summed E-state index contributed by atoms with van der Waals surface area (Å²) in [6.45, 7) is 2.94. The zero-order valence-corrected chi connectivity index (χ0v) is 11.0. The van der Waals surface area contributed by atoms with E-state index in [0.717, 1.165) is 17.1 Å². The van der Waals surface area contributed by atoms with E-state index < -0.39 is 0 Å². The second kappa shape index (κ2) is 5.00. The van der Waals surface area contributed by atoms with Gasteiger partial charge < -0.3 is 5.32 Å². The van der Waals surface area contributed by atoms with Crippen molar-refractivity contribution < 1.29 is 0 Å². The van der Waals surface area contributed by atoms with Crippen LogP contribution in [0.15, 0.2) is 29.6 Å². The molecule has 0 unspecified atom stereocenters. The van der Waals surface area contributed by atoms with Crippen molar-refractivity contribution in [2.24, 2.45) is 0 Å². The highest BCUT2D eigenvalue weighted by atomic mass is 35.5. The third-order valence-corrected chi connectivity index (χ3v) is 3.85. The van der Waals surface area contributed by atoms with Gasteiger partial charge in [0.05, 0.1) is 0 Å². The first-order valence-corrected chi connectivity index (χ1v) is 6.45. The van der Waals surface area contributed by atoms with Crippen LogP contribution in [0.4, 0.5) is 0 Å². The summed E-state index contributed by atoms with van der Waals surface area (Å²) in [6, 6.07) is 8.42. The maximum absolute atomic E-state index is 6.12. The highest BCUT2D eigenvalue weighted by Gasteiger charge is 2.03. The van der Waals surface area contributed by atoms with Crippen molar-refractivity contribution in [1.82, 2.24) is 5.32 Å². The van der Waals surface area contributed by atoms with E-state index in [1.54, 1.807) is 11.3 Å². The molecule has 0 radical (unpaired) electrons. The fourth-order valence-electron chi connectivity index (χ4n) is 1.57. The largest absolute Gasteiger partial charge is 0.315 e. The van der Waals surface area contributed by atoms with Gasteiger partial charge in [0.2, 0.25) is 0 Å². The molecule has 1 aromatic heterocycles. The van der Waals surface area contributed by atoms with E-state index in [4.69, 9.17) is 11.6 Å². The molecule has 2 aromatic rings. The van der Waals surface area contributed by atoms with Gasteiger partial charge in [-0.15, -0.1) is 11.3 Å². The topological polar surface area (TPSA) is 12.0 Å². The lowest BCUT2D eigenvalue weighted by molar-refractivity contribution is 0.831. The average molecular weight is 252 g/mol. The molecule has 0 aliphatic carbocycles. The van der Waals surface area contributed by atoms with Crippen molar-refractivity contribution in [3.63, 3.8) is 0 Å². The molecule has 1 nitrogen and oxygen atoms in total. The van der Waals surface area contributed by atoms with Crippen LogP contribution in [-0.4, -0.2) is 7.05 Å². The predicted octanol–water partition coefficient (Wildman–Crippen LogP) is 4.10. The summed E-state index contributed by atoms with van der Waals surface area (Å²) in [5.41, 5.74) is 3.56. The summed E-state index contributed by atoms with van der Waals surface area (Å²) < 4.78 is 0. The van der Waals surface area contributed by atoms with Crippen molar-refractivity contribution in [3.05, 3.63) is 45.1 Å². The molecule has 0 spiro atoms. The molecule has 1 aromatic carbocycles. The Bertz CT molecular complexity index is 490. The van der Waals surface area contributed by atoms with Gasteiger partial charge in [0.15, 0.2) is 0 Å². The second-order valence-corrected chi connectivity index (χ2v) is 5.20. The fraction of sp³-hybridized carbons (Fsp3) is 0.231. The Balaban J connectivity index is 2.31. The van der Waals surface area contributed by atoms with Gasteiger partial charge in [-0.1, -0.05) is 23.7 Å². The minimum absolute atomic E-state index is 0.832. The van der Waals surface area contributed by atoms with E-state index in [1.807, 2.05) is 20.0 Å². The van der Waals surface area contributed by atoms with Crippen LogP contribution in [0.25, 0.3) is 11.1 Å². The van der Waals surface area contributed by atoms with E-state index in [9.17, 15) is 0 Å². The summed E-state index contributed by atoms with van der Waals surface area (Å²) in [5.74, 6) is 0. The van der Waals surface area contributed by atoms with Crippen molar-refractivity contribution in [3.8, 4) is 11.1 Å². The number of aryl methyl sites for hydroxylation is 1. The third-order valence-electron chi connectivity index (χ3n) is 2.51. The first-order valence-electron chi connectivity index (χ1n) is 5.19. The van der Waals surface area contributed by atoms with Gasteiger partial charge in [-0.25, -0.2) is 0 Å². The van der Waals surface area contributed by atoms with E-state index in [2.05, 4.69) is 28.9 Å². The van der Waals surface area contributed by atoms with Crippen molar-refractivity contribution >= 4 is 22.9 Å². The molecule has 16 heavy (non-hydrogen) atoms. The molecule has 84 valence electrons. The standard InChI is InChI=1S/C13H14ClNS/c1-9-3-4-10(6-13(9)14)11-5-12(7-15-2)16-8-11/h3-6,8,15H,7H2,1-2H3. The maximum Gasteiger partial charge on any atom is 0.0441 e. The van der Waals surface area contributed by atoms with E-state index >= 15 is 0 Å². The van der Waals surface area contributed by atoms with Crippen LogP contribution in [0.5, 0.6) is 0 Å². The first-order chi connectivity index (χ1) is 7.70. The molecule has 3 heteroatoms. The van der Waals surface area contributed by atoms with Crippen molar-refractivity contribution in [2.45, 2.75) is 13.5 Å². The molecule has 0 atom stereocenters. The van der Waals surface area contributed by atoms with Gasteiger partial charge in [-0.05, 0) is 48.2 Å². The lowest BCUT2D eigenvalue weighted by atomic mass is 10.1. The molecule has 2 rings (SSSR count). The predicted molar refractivity (Wildman–Crippen MR) is 72.3 cm³/mol. The van der Waals surface area contributed by atoms with E-state index in [-0.39, 0.29) is 0 Å². The Morgan fingerprint density at radius 3 is 2.75 bits per heavy atom. The number of hydrogen-bond acceptors (Lipinski definition) is 2. The molecular formula is C13H14ClNS. The van der Waals surface area contributed by atoms with Crippen LogP contribution in [0, 0.1) is 6.92 Å². The monoisotopic (exact) mass is 251 g/mol. The van der Waals surface area contributed by atoms with Gasteiger partial charge in [-0.2, -0.15) is 0 Å². The zero-order chi connectivity index (χ0) is 11.5. The Hall–Kier alpha value is -0.830. The average Bonchev–Trinajstić information content (AvgIpc) is 2.71. The summed E-state index contributed by atoms with van der Waals surface area (Å²) in [5, 5.41) is 6.16. The number of rotatable bonds is 3. The SMILES string of the molecule is CNCc1cc(-c2ccc(C)c(Cl)c2)cs1. The smallest absolute Gasteiger partial charge is 0.0441 e. The van der Waals surface area contributed by atoms with Crippen LogP contribution in [0.3, 0.4) is 0 Å². The summed E-state index contributed by atoms with van der Waals surface area (Å²) in [7, 11) is 1.96. The second-order valence-electron chi connectivity index (χ2n) is 3.80. The lowest BCUT2D eigenvalue weighted by Gasteiger charge is -2.01. The molecular weight excluding hydrogens is 238 g/mol. The quantitative estimate of drug-likeness (QED) is 0.866. The summed E-state index contributed by atoms with van der Waals surface area (Å²) in [6.07, 6.45) is 0. The third kappa shape index (κ3) is 2.46. The number of nitrogens with one attached hydrogen (secondary N) is 1. The van der Waals surface area contributed by atoms with Gasteiger partial charge in [0.1, 0.15) is 0 Å². The number of hydrogen-bond donors (Lipinski definition) is 1. The van der Waals surface area contributed by atoms with Gasteiger partial charge in [0.25, 0.3) is 0 Å². The van der Waals surface area contributed by atoms with Crippen LogP contribution in [0.2, 0.25) is 5.02 Å². The minimum Gasteiger partial charge on any atom is -0.315 e.